The second-order valence-corrected chi connectivity index (χ2v) is 5.01. The van der Waals surface area contributed by atoms with Crippen molar-refractivity contribution in [1.29, 1.82) is 0 Å². The van der Waals surface area contributed by atoms with Crippen LogP contribution >= 0.6 is 0 Å². The van der Waals surface area contributed by atoms with E-state index in [0.29, 0.717) is 13.2 Å². The van der Waals surface area contributed by atoms with E-state index in [1.54, 1.807) is 11.0 Å². The molecule has 3 heterocycles. The fourth-order valence-corrected chi connectivity index (χ4v) is 2.70. The van der Waals surface area contributed by atoms with Crippen LogP contribution in [0.3, 0.4) is 0 Å². The minimum absolute atomic E-state index is 0.0790. The first-order valence-electron chi connectivity index (χ1n) is 6.33. The second kappa shape index (κ2) is 4.78. The van der Waals surface area contributed by atoms with Crippen molar-refractivity contribution in [3.63, 3.8) is 0 Å². The molecule has 8 heteroatoms. The lowest BCUT2D eigenvalue weighted by molar-refractivity contribution is -0.0963. The van der Waals surface area contributed by atoms with Gasteiger partial charge in [-0.1, -0.05) is 5.16 Å². The van der Waals surface area contributed by atoms with Gasteiger partial charge in [-0.25, -0.2) is 9.67 Å². The van der Waals surface area contributed by atoms with E-state index in [1.807, 2.05) is 0 Å². The molecule has 2 saturated heterocycles. The molecule has 0 saturated carbocycles. The van der Waals surface area contributed by atoms with Crippen molar-refractivity contribution in [3.05, 3.63) is 12.2 Å². The molecule has 2 aliphatic rings. The van der Waals surface area contributed by atoms with E-state index < -0.39 is 0 Å². The van der Waals surface area contributed by atoms with Crippen LogP contribution in [0.15, 0.2) is 11.5 Å². The third-order valence-electron chi connectivity index (χ3n) is 3.75. The van der Waals surface area contributed by atoms with Gasteiger partial charge >= 0.3 is 0 Å². The molecule has 3 rings (SSSR count). The van der Waals surface area contributed by atoms with E-state index in [-0.39, 0.29) is 23.3 Å². The van der Waals surface area contributed by atoms with Crippen LogP contribution in [0, 0.1) is 0 Å². The summed E-state index contributed by atoms with van der Waals surface area (Å²) in [5.74, 6) is 0.162. The summed E-state index contributed by atoms with van der Waals surface area (Å²) < 4.78 is 13.1. The van der Waals surface area contributed by atoms with Gasteiger partial charge < -0.3 is 20.4 Å². The Hall–Kier alpha value is -1.67. The van der Waals surface area contributed by atoms with Crippen molar-refractivity contribution in [2.45, 2.75) is 30.9 Å². The fraction of sp³-hybridized carbons (Fsp3) is 0.727. The maximum Gasteiger partial charge on any atom is 0.219 e. The summed E-state index contributed by atoms with van der Waals surface area (Å²) in [5, 5.41) is 15.8. The van der Waals surface area contributed by atoms with Crippen LogP contribution in [0.5, 0.6) is 0 Å². The van der Waals surface area contributed by atoms with Crippen molar-refractivity contribution in [2.75, 3.05) is 19.8 Å². The van der Waals surface area contributed by atoms with Gasteiger partial charge in [0.15, 0.2) is 0 Å². The largest absolute Gasteiger partial charge is 0.409 e. The average Bonchev–Trinajstić information content (AvgIpc) is 3.08. The molecule has 1 aromatic heterocycles. The van der Waals surface area contributed by atoms with E-state index in [0.717, 1.165) is 25.9 Å². The first kappa shape index (κ1) is 12.4. The third kappa shape index (κ3) is 2.28. The molecule has 0 amide bonds. The maximum atomic E-state index is 8.61. The minimum Gasteiger partial charge on any atom is -0.409 e. The fourth-order valence-electron chi connectivity index (χ4n) is 2.70. The number of nitrogens with two attached hydrogens (primary N) is 1. The lowest BCUT2D eigenvalue weighted by Crippen LogP contribution is -2.41. The van der Waals surface area contributed by atoms with Crippen LogP contribution in [0.4, 0.5) is 0 Å². The van der Waals surface area contributed by atoms with Crippen LogP contribution in [0.25, 0.3) is 0 Å². The smallest absolute Gasteiger partial charge is 0.219 e. The van der Waals surface area contributed by atoms with Crippen molar-refractivity contribution >= 4 is 5.84 Å². The molecule has 2 fully saturated rings. The van der Waals surface area contributed by atoms with Crippen LogP contribution < -0.4 is 5.73 Å². The molecular weight excluding hydrogens is 250 g/mol. The summed E-state index contributed by atoms with van der Waals surface area (Å²) >= 11 is 0. The number of amidine groups is 1. The quantitative estimate of drug-likeness (QED) is 0.335. The molecule has 0 aliphatic carbocycles. The molecule has 0 radical (unpaired) electrons. The van der Waals surface area contributed by atoms with Gasteiger partial charge in [0, 0.05) is 26.1 Å². The number of nitrogens with zero attached hydrogens (tertiary/aromatic N) is 4. The van der Waals surface area contributed by atoms with E-state index in [4.69, 9.17) is 20.4 Å². The maximum absolute atomic E-state index is 8.61. The highest BCUT2D eigenvalue weighted by atomic mass is 16.6. The molecular formula is C11H17N5O3. The van der Waals surface area contributed by atoms with Gasteiger partial charge in [-0.3, -0.25) is 0 Å². The zero-order valence-electron chi connectivity index (χ0n) is 10.5. The summed E-state index contributed by atoms with van der Waals surface area (Å²) in [6.45, 7) is 2.08. The van der Waals surface area contributed by atoms with E-state index >= 15 is 0 Å². The Kier molecular flexibility index (Phi) is 3.11. The Morgan fingerprint density at radius 2 is 2.47 bits per heavy atom. The molecule has 2 aliphatic heterocycles. The Morgan fingerprint density at radius 1 is 1.58 bits per heavy atom. The minimum atomic E-state index is -0.175. The highest BCUT2D eigenvalue weighted by Gasteiger charge is 2.41. The average molecular weight is 267 g/mol. The normalized spacial score (nSPS) is 32.0. The van der Waals surface area contributed by atoms with Crippen LogP contribution in [-0.2, 0) is 9.47 Å². The number of rotatable bonds is 2. The molecule has 1 spiro atoms. The number of oxime groups is 1. The second-order valence-electron chi connectivity index (χ2n) is 5.01. The van der Waals surface area contributed by atoms with Gasteiger partial charge in [-0.2, -0.15) is 0 Å². The van der Waals surface area contributed by atoms with Gasteiger partial charge in [0.05, 0.1) is 18.2 Å². The standard InChI is InChI=1S/C11H17N5O3/c12-9(15-17)10-13-7-16(14-10)8-1-3-19-11(5-8)2-4-18-6-11/h7-8,17H,1-6H2,(H2,12,15). The summed E-state index contributed by atoms with van der Waals surface area (Å²) in [6.07, 6.45) is 4.27. The molecule has 104 valence electrons. The molecule has 0 bridgehead atoms. The van der Waals surface area contributed by atoms with E-state index in [1.165, 1.54) is 0 Å². The van der Waals surface area contributed by atoms with Crippen LogP contribution in [-0.4, -0.2) is 51.2 Å². The summed E-state index contributed by atoms with van der Waals surface area (Å²) in [4.78, 5) is 4.04. The SMILES string of the molecule is NC(=NO)c1ncn(C2CCOC3(CCOC3)C2)n1. The van der Waals surface area contributed by atoms with Crippen molar-refractivity contribution in [3.8, 4) is 0 Å². The summed E-state index contributed by atoms with van der Waals surface area (Å²) in [6, 6.07) is 0.211. The van der Waals surface area contributed by atoms with Crippen LogP contribution in [0.1, 0.15) is 31.1 Å². The Balaban J connectivity index is 1.76. The van der Waals surface area contributed by atoms with Crippen molar-refractivity contribution in [1.82, 2.24) is 14.8 Å². The predicted octanol–water partition coefficient (Wildman–Crippen LogP) is -0.117. The lowest BCUT2D eigenvalue weighted by Gasteiger charge is -2.36. The Bertz CT molecular complexity index is 480. The molecule has 3 N–H and O–H groups in total. The number of hydrogen-bond acceptors (Lipinski definition) is 6. The van der Waals surface area contributed by atoms with Gasteiger partial charge in [0.2, 0.25) is 11.7 Å². The van der Waals surface area contributed by atoms with Crippen LogP contribution in [0.2, 0.25) is 0 Å². The van der Waals surface area contributed by atoms with Gasteiger partial charge in [-0.05, 0) is 6.42 Å². The van der Waals surface area contributed by atoms with Gasteiger partial charge in [-0.15, -0.1) is 5.10 Å². The lowest BCUT2D eigenvalue weighted by atomic mass is 9.90. The van der Waals surface area contributed by atoms with Gasteiger partial charge in [0.25, 0.3) is 0 Å². The first-order valence-corrected chi connectivity index (χ1v) is 6.33. The van der Waals surface area contributed by atoms with Gasteiger partial charge in [0.1, 0.15) is 6.33 Å². The van der Waals surface area contributed by atoms with Crippen molar-refractivity contribution in [2.24, 2.45) is 10.9 Å². The Labute approximate surface area is 110 Å². The number of aromatic nitrogens is 3. The van der Waals surface area contributed by atoms with Crippen molar-refractivity contribution < 1.29 is 14.7 Å². The first-order chi connectivity index (χ1) is 9.22. The molecule has 2 unspecified atom stereocenters. The predicted molar refractivity (Wildman–Crippen MR) is 64.9 cm³/mol. The van der Waals surface area contributed by atoms with E-state index in [2.05, 4.69) is 15.2 Å². The summed E-state index contributed by atoms with van der Waals surface area (Å²) in [7, 11) is 0. The van der Waals surface area contributed by atoms with E-state index in [9.17, 15) is 0 Å². The molecule has 1 aromatic rings. The molecule has 19 heavy (non-hydrogen) atoms. The summed E-state index contributed by atoms with van der Waals surface area (Å²) in [5.41, 5.74) is 5.29. The molecule has 8 nitrogen and oxygen atoms in total. The highest BCUT2D eigenvalue weighted by Crippen LogP contribution is 2.37. The zero-order valence-corrected chi connectivity index (χ0v) is 10.5. The zero-order chi connectivity index (χ0) is 13.3. The number of hydrogen-bond donors (Lipinski definition) is 2. The molecule has 2 atom stereocenters. The highest BCUT2D eigenvalue weighted by molar-refractivity contribution is 5.93. The third-order valence-corrected chi connectivity index (χ3v) is 3.75. The Morgan fingerprint density at radius 3 is 3.21 bits per heavy atom. The molecule has 0 aromatic carbocycles. The monoisotopic (exact) mass is 267 g/mol. The topological polar surface area (TPSA) is 108 Å². The number of ether oxygens (including phenoxy) is 2.